The Kier molecular flexibility index (Phi) is 4.94. The van der Waals surface area contributed by atoms with Gasteiger partial charge in [0.1, 0.15) is 5.60 Å². The molecule has 154 valence electrons. The van der Waals surface area contributed by atoms with Crippen LogP contribution in [0, 0.1) is 0 Å². The van der Waals surface area contributed by atoms with Crippen LogP contribution in [0.2, 0.25) is 0 Å². The fraction of sp³-hybridized carbons (Fsp3) is 0.500. The molecule has 1 amide bonds. The summed E-state index contributed by atoms with van der Waals surface area (Å²) in [4.78, 5) is 21.1. The van der Waals surface area contributed by atoms with Crippen molar-refractivity contribution in [2.24, 2.45) is 0 Å². The average Bonchev–Trinajstić information content (AvgIpc) is 3.22. The van der Waals surface area contributed by atoms with E-state index in [0.717, 1.165) is 17.1 Å². The summed E-state index contributed by atoms with van der Waals surface area (Å²) in [6.45, 7) is 9.33. The maximum Gasteiger partial charge on any atom is 0.410 e. The molecule has 4 heterocycles. The third kappa shape index (κ3) is 3.78. The Morgan fingerprint density at radius 3 is 2.83 bits per heavy atom. The number of amides is 1. The first-order valence-electron chi connectivity index (χ1n) is 9.77. The molecule has 2 aromatic rings. The smallest absolute Gasteiger partial charge is 0.410 e. The molecule has 2 aliphatic rings. The number of carbonyl (C=O) groups excluding carboxylic acids is 1. The van der Waals surface area contributed by atoms with Crippen molar-refractivity contribution in [2.75, 3.05) is 11.4 Å². The number of rotatable bonds is 2. The van der Waals surface area contributed by atoms with E-state index in [1.165, 1.54) is 0 Å². The Morgan fingerprint density at radius 2 is 2.14 bits per heavy atom. The summed E-state index contributed by atoms with van der Waals surface area (Å²) >= 11 is 5.59. The van der Waals surface area contributed by atoms with E-state index in [1.807, 2.05) is 56.8 Å². The summed E-state index contributed by atoms with van der Waals surface area (Å²) in [5.74, 6) is 0. The summed E-state index contributed by atoms with van der Waals surface area (Å²) in [6, 6.07) is 5.84. The topological polar surface area (TPSA) is 75.5 Å². The monoisotopic (exact) mass is 414 g/mol. The molecule has 2 atom stereocenters. The molecule has 9 heteroatoms. The molecule has 8 nitrogen and oxygen atoms in total. The van der Waals surface area contributed by atoms with Gasteiger partial charge in [-0.05, 0) is 52.0 Å². The van der Waals surface area contributed by atoms with Crippen LogP contribution in [0.25, 0.3) is 0 Å². The van der Waals surface area contributed by atoms with Gasteiger partial charge in [0, 0.05) is 12.7 Å². The Balaban J connectivity index is 1.65. The third-order valence-electron chi connectivity index (χ3n) is 5.11. The lowest BCUT2D eigenvalue weighted by atomic mass is 10.1. The van der Waals surface area contributed by atoms with Crippen molar-refractivity contribution in [1.29, 1.82) is 0 Å². The van der Waals surface area contributed by atoms with Gasteiger partial charge in [0.2, 0.25) is 0 Å². The van der Waals surface area contributed by atoms with Crippen molar-refractivity contribution < 1.29 is 9.53 Å². The number of aromatic nitrogens is 3. The Bertz CT molecular complexity index is 923. The molecule has 0 saturated carbocycles. The fourth-order valence-electron chi connectivity index (χ4n) is 3.74. The van der Waals surface area contributed by atoms with Crippen LogP contribution in [-0.2, 0) is 17.8 Å². The first-order chi connectivity index (χ1) is 13.7. The van der Waals surface area contributed by atoms with E-state index < -0.39 is 5.60 Å². The molecule has 1 fully saturated rings. The third-order valence-corrected chi connectivity index (χ3v) is 5.45. The molecule has 0 spiro atoms. The minimum Gasteiger partial charge on any atom is -0.444 e. The van der Waals surface area contributed by atoms with Crippen molar-refractivity contribution >= 4 is 29.1 Å². The molecule has 4 rings (SSSR count). The fourth-order valence-corrected chi connectivity index (χ4v) is 4.05. The maximum absolute atomic E-state index is 12.8. The van der Waals surface area contributed by atoms with E-state index in [2.05, 4.69) is 20.3 Å². The normalized spacial score (nSPS) is 21.7. The van der Waals surface area contributed by atoms with Crippen LogP contribution >= 0.6 is 12.2 Å². The molecule has 1 unspecified atom stereocenters. The number of pyridine rings is 1. The van der Waals surface area contributed by atoms with E-state index in [0.29, 0.717) is 24.7 Å². The van der Waals surface area contributed by atoms with Gasteiger partial charge in [0.15, 0.2) is 5.11 Å². The van der Waals surface area contributed by atoms with E-state index >= 15 is 0 Å². The highest BCUT2D eigenvalue weighted by atomic mass is 32.1. The van der Waals surface area contributed by atoms with Gasteiger partial charge in [0.05, 0.1) is 48.4 Å². The van der Waals surface area contributed by atoms with Crippen LogP contribution in [0.4, 0.5) is 10.5 Å². The van der Waals surface area contributed by atoms with Gasteiger partial charge in [-0.2, -0.15) is 5.10 Å². The highest BCUT2D eigenvalue weighted by molar-refractivity contribution is 7.80. The zero-order chi connectivity index (χ0) is 20.8. The number of carbonyl (C=O) groups is 1. The standard InChI is InChI=1S/C20H26N6O2S/c1-13-11-25-17(12-24(13)19(27)28-20(2,3)4)16(10-23-25)26-15(9-22-18(26)29)14-7-5-6-8-21-14/h5-8,10,13,15H,9,11-12H2,1-4H3,(H,22,29)/t13-,15?/m0/s1. The SMILES string of the molecule is C[C@H]1Cn2ncc(N3C(=S)NCC3c3ccccn3)c2CN1C(=O)OC(C)(C)C. The maximum atomic E-state index is 12.8. The molecular formula is C20H26N6O2S. The number of nitrogens with one attached hydrogen (secondary N) is 1. The second-order valence-corrected chi connectivity index (χ2v) is 8.83. The Morgan fingerprint density at radius 1 is 1.34 bits per heavy atom. The predicted octanol–water partition coefficient (Wildman–Crippen LogP) is 2.85. The molecule has 0 bridgehead atoms. The van der Waals surface area contributed by atoms with Gasteiger partial charge >= 0.3 is 6.09 Å². The average molecular weight is 415 g/mol. The summed E-state index contributed by atoms with van der Waals surface area (Å²) in [7, 11) is 0. The van der Waals surface area contributed by atoms with Crippen molar-refractivity contribution in [1.82, 2.24) is 25.0 Å². The molecule has 29 heavy (non-hydrogen) atoms. The molecule has 2 aliphatic heterocycles. The van der Waals surface area contributed by atoms with Crippen LogP contribution in [0.5, 0.6) is 0 Å². The van der Waals surface area contributed by atoms with E-state index in [-0.39, 0.29) is 18.2 Å². The van der Waals surface area contributed by atoms with E-state index in [1.54, 1.807) is 11.1 Å². The molecule has 1 N–H and O–H groups in total. The van der Waals surface area contributed by atoms with Crippen LogP contribution in [0.3, 0.4) is 0 Å². The van der Waals surface area contributed by atoms with Gasteiger partial charge in [-0.15, -0.1) is 0 Å². The predicted molar refractivity (Wildman–Crippen MR) is 114 cm³/mol. The van der Waals surface area contributed by atoms with Crippen LogP contribution in [0.15, 0.2) is 30.6 Å². The Labute approximate surface area is 175 Å². The lowest BCUT2D eigenvalue weighted by molar-refractivity contribution is 0.00913. The largest absolute Gasteiger partial charge is 0.444 e. The number of fused-ring (bicyclic) bond motifs is 1. The zero-order valence-electron chi connectivity index (χ0n) is 17.1. The van der Waals surface area contributed by atoms with Gasteiger partial charge in [-0.3, -0.25) is 14.6 Å². The van der Waals surface area contributed by atoms with Gasteiger partial charge in [-0.25, -0.2) is 4.79 Å². The minimum absolute atomic E-state index is 0.0136. The van der Waals surface area contributed by atoms with Crippen LogP contribution < -0.4 is 10.2 Å². The first-order valence-corrected chi connectivity index (χ1v) is 10.2. The van der Waals surface area contributed by atoms with Crippen molar-refractivity contribution in [3.8, 4) is 0 Å². The molecule has 0 radical (unpaired) electrons. The first kappa shape index (κ1) is 19.6. The highest BCUT2D eigenvalue weighted by Gasteiger charge is 2.38. The number of anilines is 1. The molecule has 0 aromatic carbocycles. The van der Waals surface area contributed by atoms with E-state index in [4.69, 9.17) is 17.0 Å². The van der Waals surface area contributed by atoms with E-state index in [9.17, 15) is 4.79 Å². The van der Waals surface area contributed by atoms with Crippen LogP contribution in [0.1, 0.15) is 45.1 Å². The summed E-state index contributed by atoms with van der Waals surface area (Å²) < 4.78 is 7.57. The number of ether oxygens (including phenoxy) is 1. The summed E-state index contributed by atoms with van der Waals surface area (Å²) in [5, 5.41) is 8.47. The lowest BCUT2D eigenvalue weighted by Crippen LogP contribution is -2.47. The zero-order valence-corrected chi connectivity index (χ0v) is 17.9. The highest BCUT2D eigenvalue weighted by Crippen LogP contribution is 2.35. The van der Waals surface area contributed by atoms with Crippen molar-refractivity contribution in [3.63, 3.8) is 0 Å². The molecular weight excluding hydrogens is 388 g/mol. The van der Waals surface area contributed by atoms with Crippen molar-refractivity contribution in [2.45, 2.75) is 58.5 Å². The van der Waals surface area contributed by atoms with Crippen molar-refractivity contribution in [3.05, 3.63) is 42.0 Å². The minimum atomic E-state index is -0.540. The number of hydrogen-bond acceptors (Lipinski definition) is 5. The summed E-state index contributed by atoms with van der Waals surface area (Å²) in [5.41, 5.74) is 2.24. The number of thiocarbonyl (C=S) groups is 1. The van der Waals surface area contributed by atoms with Gasteiger partial charge in [0.25, 0.3) is 0 Å². The molecule has 1 saturated heterocycles. The van der Waals surface area contributed by atoms with Crippen LogP contribution in [-0.4, -0.2) is 49.1 Å². The molecule has 0 aliphatic carbocycles. The molecule has 2 aromatic heterocycles. The lowest BCUT2D eigenvalue weighted by Gasteiger charge is -2.36. The summed E-state index contributed by atoms with van der Waals surface area (Å²) in [6.07, 6.45) is 3.30. The number of hydrogen-bond donors (Lipinski definition) is 1. The van der Waals surface area contributed by atoms with Gasteiger partial charge in [-0.1, -0.05) is 6.07 Å². The quantitative estimate of drug-likeness (QED) is 0.758. The number of nitrogens with zero attached hydrogens (tertiary/aromatic N) is 5. The second kappa shape index (κ2) is 7.29. The Hall–Kier alpha value is -2.68. The van der Waals surface area contributed by atoms with Gasteiger partial charge < -0.3 is 15.0 Å². The second-order valence-electron chi connectivity index (χ2n) is 8.44.